The number of hydrogen-bond donors (Lipinski definition) is 0. The number of rotatable bonds is 3. The average Bonchev–Trinajstić information content (AvgIpc) is 1.44. The summed E-state index contributed by atoms with van der Waals surface area (Å²) in [5.74, 6) is 0. The molecule has 0 unspecified atom stereocenters. The van der Waals surface area contributed by atoms with Gasteiger partial charge in [-0.05, 0) is 0 Å². The summed E-state index contributed by atoms with van der Waals surface area (Å²) in [7, 11) is -2.47. The second kappa shape index (κ2) is 6.54. The summed E-state index contributed by atoms with van der Waals surface area (Å²) >= 11 is 0. The molecule has 0 N–H and O–H groups in total. The zero-order valence-electron chi connectivity index (χ0n) is 12.7. The van der Waals surface area contributed by atoms with Gasteiger partial charge in [-0.2, -0.15) is 0 Å². The summed E-state index contributed by atoms with van der Waals surface area (Å²) in [6, 6.07) is 0. The second-order valence-corrected chi connectivity index (χ2v) is 43.9. The Labute approximate surface area is 119 Å². The van der Waals surface area contributed by atoms with Gasteiger partial charge in [0.05, 0.1) is 0 Å². The van der Waals surface area contributed by atoms with E-state index in [-0.39, 0.29) is 37.8 Å². The van der Waals surface area contributed by atoms with Crippen LogP contribution in [0.1, 0.15) is 0 Å². The monoisotopic (exact) mass is 286 g/mol. The van der Waals surface area contributed by atoms with Gasteiger partial charge in [0.1, 0.15) is 0 Å². The molecule has 0 fully saturated rings. The minimum absolute atomic E-state index is 0. The first-order valence-electron chi connectivity index (χ1n) is 5.25. The van der Waals surface area contributed by atoms with E-state index in [1.807, 2.05) is 0 Å². The molecule has 0 radical (unpaired) electrons. The van der Waals surface area contributed by atoms with Crippen LogP contribution in [-0.2, 0) is 0 Å². The molecule has 15 heavy (non-hydrogen) atoms. The predicted octanol–water partition coefficient (Wildman–Crippen LogP) is 3.80. The molecule has 0 bridgehead atoms. The van der Waals surface area contributed by atoms with Crippen LogP contribution in [-0.4, -0.2) is 53.2 Å². The van der Waals surface area contributed by atoms with Crippen molar-refractivity contribution in [3.63, 3.8) is 0 Å². The van der Waals surface area contributed by atoms with Gasteiger partial charge in [0.2, 0.25) is 0 Å². The summed E-state index contributed by atoms with van der Waals surface area (Å²) in [6.07, 6.45) is 0. The van der Waals surface area contributed by atoms with Crippen LogP contribution < -0.4 is 0 Å². The normalized spacial score (nSPS) is 13.2. The Kier molecular flexibility index (Phi) is 9.53. The Hall–Kier alpha value is 1.63. The molecule has 0 aliphatic rings. The molecule has 0 aromatic heterocycles. The summed E-state index contributed by atoms with van der Waals surface area (Å²) in [5, 5.41) is 0. The van der Waals surface area contributed by atoms with Gasteiger partial charge in [0.25, 0.3) is 0 Å². The van der Waals surface area contributed by atoms with Crippen molar-refractivity contribution in [3.05, 3.63) is 7.43 Å². The van der Waals surface area contributed by atoms with Crippen molar-refractivity contribution in [2.45, 2.75) is 58.9 Å². The maximum Gasteiger partial charge on any atom is 2.00 e. The molecule has 0 aromatic rings. The van der Waals surface area contributed by atoms with Crippen LogP contribution in [0, 0.1) is 7.43 Å². The van der Waals surface area contributed by atoms with Crippen molar-refractivity contribution < 1.29 is 0 Å². The summed E-state index contributed by atoms with van der Waals surface area (Å²) < 4.78 is 0. The van der Waals surface area contributed by atoms with Gasteiger partial charge in [-0.25, -0.2) is 0 Å². The fraction of sp³-hybridized carbons (Fsp3) is 0.900. The van der Waals surface area contributed by atoms with Crippen LogP contribution in [0.3, 0.4) is 0 Å². The van der Waals surface area contributed by atoms with E-state index < -0.39 is 22.8 Å². The molecule has 0 saturated carbocycles. The first-order valence-corrected chi connectivity index (χ1v) is 20.2. The zero-order chi connectivity index (χ0) is 11.1. The Morgan fingerprint density at radius 3 is 0.667 bits per heavy atom. The van der Waals surface area contributed by atoms with Gasteiger partial charge < -0.3 is 7.43 Å². The van der Waals surface area contributed by atoms with E-state index in [1.54, 1.807) is 0 Å². The van der Waals surface area contributed by atoms with Crippen molar-refractivity contribution in [2.75, 3.05) is 0 Å². The summed E-state index contributed by atoms with van der Waals surface area (Å²) in [5.41, 5.74) is 0. The minimum Gasteiger partial charge on any atom is -0.358 e. The molecular weight excluding hydrogens is 257 g/mol. The van der Waals surface area contributed by atoms with Gasteiger partial charge in [-0.3, -0.25) is 7.35 Å². The topological polar surface area (TPSA) is 0 Å². The SMILES string of the molecule is C[Si](C)(C)[Si-]([Si](C)(C)C)[Si](C)(C)C.[CH3-].[Mg+2]. The van der Waals surface area contributed by atoms with Gasteiger partial charge in [-0.1, -0.05) is 58.9 Å². The Morgan fingerprint density at radius 2 is 0.667 bits per heavy atom. The minimum atomic E-state index is -0.832. The van der Waals surface area contributed by atoms with E-state index in [2.05, 4.69) is 58.9 Å². The van der Waals surface area contributed by atoms with Gasteiger partial charge >= 0.3 is 23.1 Å². The Bertz CT molecular complexity index is 140. The van der Waals surface area contributed by atoms with Crippen LogP contribution in [0.2, 0.25) is 58.9 Å². The van der Waals surface area contributed by atoms with Gasteiger partial charge in [0.15, 0.2) is 0 Å². The van der Waals surface area contributed by atoms with Crippen molar-refractivity contribution >= 4 is 53.2 Å². The Balaban J connectivity index is -0.000000720. The molecule has 0 amide bonds. The van der Waals surface area contributed by atoms with Crippen LogP contribution in [0.25, 0.3) is 0 Å². The zero-order valence-corrected chi connectivity index (χ0v) is 18.1. The van der Waals surface area contributed by atoms with Gasteiger partial charge in [0, 0.05) is 0 Å². The van der Waals surface area contributed by atoms with Crippen molar-refractivity contribution in [3.8, 4) is 0 Å². The second-order valence-electron chi connectivity index (χ2n) is 7.12. The van der Waals surface area contributed by atoms with E-state index in [9.17, 15) is 0 Å². The largest absolute Gasteiger partial charge is 2.00 e. The fourth-order valence-electron chi connectivity index (χ4n) is 3.38. The van der Waals surface area contributed by atoms with Crippen molar-refractivity contribution in [1.82, 2.24) is 0 Å². The first-order chi connectivity index (χ1) is 5.37. The summed E-state index contributed by atoms with van der Waals surface area (Å²) in [4.78, 5) is 0. The first kappa shape index (κ1) is 21.9. The van der Waals surface area contributed by atoms with Crippen LogP contribution >= 0.6 is 0 Å². The quantitative estimate of drug-likeness (QED) is 0.547. The van der Waals surface area contributed by atoms with E-state index in [0.29, 0.717) is 0 Å². The molecular formula is C10H30MgSi4. The van der Waals surface area contributed by atoms with Crippen molar-refractivity contribution in [1.29, 1.82) is 0 Å². The molecule has 0 rings (SSSR count). The molecule has 0 spiro atoms. The standard InChI is InChI=1S/C9H27Si4.CH3.Mg/c1-11(2,3)10(12(4,5)6)13(7,8)9;;/h1-9H3;1H3;/q2*-1;+2. The fourth-order valence-corrected chi connectivity index (χ4v) is 91.1. The molecule has 5 heteroatoms. The maximum absolute atomic E-state index is 2.61. The molecule has 0 aromatic carbocycles. The van der Waals surface area contributed by atoms with E-state index in [1.165, 1.54) is 0 Å². The summed E-state index contributed by atoms with van der Waals surface area (Å²) in [6.45, 7) is 23.5. The van der Waals surface area contributed by atoms with Crippen molar-refractivity contribution in [2.24, 2.45) is 0 Å². The van der Waals surface area contributed by atoms with Crippen LogP contribution in [0.15, 0.2) is 0 Å². The molecule has 0 aliphatic carbocycles. The third kappa shape index (κ3) is 7.54. The van der Waals surface area contributed by atoms with Gasteiger partial charge in [-0.15, -0.1) is 22.8 Å². The van der Waals surface area contributed by atoms with Crippen LogP contribution in [0.4, 0.5) is 0 Å². The Morgan fingerprint density at radius 1 is 0.533 bits per heavy atom. The molecule has 88 valence electrons. The maximum atomic E-state index is 2.61. The molecule has 0 aliphatic heterocycles. The van der Waals surface area contributed by atoms with E-state index >= 15 is 0 Å². The molecule has 0 saturated heterocycles. The van der Waals surface area contributed by atoms with E-state index in [4.69, 9.17) is 0 Å². The molecule has 0 heterocycles. The average molecular weight is 287 g/mol. The predicted molar refractivity (Wildman–Crippen MR) is 88.0 cm³/mol. The molecule has 0 nitrogen and oxygen atoms in total. The van der Waals surface area contributed by atoms with Crippen LogP contribution in [0.5, 0.6) is 0 Å². The smallest absolute Gasteiger partial charge is 0.358 e. The third-order valence-corrected chi connectivity index (χ3v) is 60.8. The third-order valence-electron chi connectivity index (χ3n) is 2.25. The van der Waals surface area contributed by atoms with E-state index in [0.717, 1.165) is 0 Å². The molecule has 0 atom stereocenters. The number of hydrogen-bond acceptors (Lipinski definition) is 0.